The molecule has 100 valence electrons. The molecule has 0 bridgehead atoms. The van der Waals surface area contributed by atoms with Crippen LogP contribution in [-0.4, -0.2) is 80.3 Å². The summed E-state index contributed by atoms with van der Waals surface area (Å²) in [6, 6.07) is 0. The quantitative estimate of drug-likeness (QED) is 0.712. The number of hydrogen-bond donors (Lipinski definition) is 0. The Bertz CT molecular complexity index is 224. The van der Waals surface area contributed by atoms with E-state index in [1.807, 2.05) is 0 Å². The van der Waals surface area contributed by atoms with E-state index in [4.69, 9.17) is 4.74 Å². The Morgan fingerprint density at radius 2 is 1.76 bits per heavy atom. The SMILES string of the molecule is CCN(CC)CCN1CCN(C(=O)OC)CC1. The minimum atomic E-state index is -0.201. The van der Waals surface area contributed by atoms with Crippen LogP contribution in [0.1, 0.15) is 13.8 Å². The van der Waals surface area contributed by atoms with Crippen molar-refractivity contribution in [1.29, 1.82) is 0 Å². The van der Waals surface area contributed by atoms with Crippen molar-refractivity contribution < 1.29 is 9.53 Å². The standard InChI is InChI=1S/C12H25N3O2/c1-4-13(5-2)6-7-14-8-10-15(11-9-14)12(16)17-3/h4-11H2,1-3H3. The zero-order chi connectivity index (χ0) is 12.7. The number of hydrogen-bond acceptors (Lipinski definition) is 4. The highest BCUT2D eigenvalue weighted by Crippen LogP contribution is 2.03. The maximum absolute atomic E-state index is 11.3. The second kappa shape index (κ2) is 7.50. The summed E-state index contributed by atoms with van der Waals surface area (Å²) in [5.74, 6) is 0. The molecule has 0 unspecified atom stereocenters. The smallest absolute Gasteiger partial charge is 0.409 e. The van der Waals surface area contributed by atoms with Crippen molar-refractivity contribution in [2.24, 2.45) is 0 Å². The molecule has 0 aromatic rings. The van der Waals surface area contributed by atoms with Gasteiger partial charge in [-0.25, -0.2) is 4.79 Å². The third-order valence-electron chi connectivity index (χ3n) is 3.43. The van der Waals surface area contributed by atoms with Gasteiger partial charge in [-0.3, -0.25) is 4.90 Å². The van der Waals surface area contributed by atoms with Crippen LogP contribution in [0.25, 0.3) is 0 Å². The molecule has 0 N–H and O–H groups in total. The van der Waals surface area contributed by atoms with Gasteiger partial charge in [-0.1, -0.05) is 13.8 Å². The maximum atomic E-state index is 11.3. The molecule has 0 radical (unpaired) electrons. The second-order valence-electron chi connectivity index (χ2n) is 4.33. The Hall–Kier alpha value is -0.810. The molecule has 0 atom stereocenters. The van der Waals surface area contributed by atoms with Crippen molar-refractivity contribution in [2.45, 2.75) is 13.8 Å². The fourth-order valence-corrected chi connectivity index (χ4v) is 2.11. The van der Waals surface area contributed by atoms with Crippen LogP contribution in [0.15, 0.2) is 0 Å². The first-order valence-corrected chi connectivity index (χ1v) is 6.48. The van der Waals surface area contributed by atoms with E-state index in [1.54, 1.807) is 4.90 Å². The third kappa shape index (κ3) is 4.52. The van der Waals surface area contributed by atoms with Crippen molar-refractivity contribution >= 4 is 6.09 Å². The van der Waals surface area contributed by atoms with Gasteiger partial charge in [-0.2, -0.15) is 0 Å². The molecule has 1 aliphatic rings. The number of nitrogens with zero attached hydrogens (tertiary/aromatic N) is 3. The number of rotatable bonds is 5. The zero-order valence-corrected chi connectivity index (χ0v) is 11.3. The average Bonchev–Trinajstić information content (AvgIpc) is 2.39. The number of ether oxygens (including phenoxy) is 1. The predicted octanol–water partition coefficient (Wildman–Crippen LogP) is 0.712. The molecule has 1 heterocycles. The molecule has 1 rings (SSSR count). The van der Waals surface area contributed by atoms with Crippen molar-refractivity contribution in [1.82, 2.24) is 14.7 Å². The van der Waals surface area contributed by atoms with E-state index in [0.717, 1.165) is 52.4 Å². The van der Waals surface area contributed by atoms with Crippen molar-refractivity contribution in [3.05, 3.63) is 0 Å². The molecule has 17 heavy (non-hydrogen) atoms. The predicted molar refractivity (Wildman–Crippen MR) is 68.2 cm³/mol. The first kappa shape index (κ1) is 14.3. The number of carbonyl (C=O) groups excluding carboxylic acids is 1. The van der Waals surface area contributed by atoms with Crippen LogP contribution >= 0.6 is 0 Å². The van der Waals surface area contributed by atoms with E-state index in [0.29, 0.717) is 0 Å². The van der Waals surface area contributed by atoms with Crippen molar-refractivity contribution in [3.8, 4) is 0 Å². The van der Waals surface area contributed by atoms with E-state index in [2.05, 4.69) is 23.6 Å². The van der Waals surface area contributed by atoms with Gasteiger partial charge in [0, 0.05) is 39.3 Å². The van der Waals surface area contributed by atoms with E-state index in [9.17, 15) is 4.79 Å². The van der Waals surface area contributed by atoms with Gasteiger partial charge in [-0.05, 0) is 13.1 Å². The van der Waals surface area contributed by atoms with E-state index < -0.39 is 0 Å². The summed E-state index contributed by atoms with van der Waals surface area (Å²) in [6.45, 7) is 12.3. The second-order valence-corrected chi connectivity index (χ2v) is 4.33. The first-order chi connectivity index (χ1) is 8.21. The number of likely N-dealkylation sites (N-methyl/N-ethyl adjacent to an activating group) is 1. The highest BCUT2D eigenvalue weighted by molar-refractivity contribution is 5.67. The molecule has 0 spiro atoms. The molecule has 0 aromatic carbocycles. The van der Waals surface area contributed by atoms with Gasteiger partial charge in [0.05, 0.1) is 7.11 Å². The van der Waals surface area contributed by atoms with Gasteiger partial charge < -0.3 is 14.5 Å². The van der Waals surface area contributed by atoms with E-state index in [-0.39, 0.29) is 6.09 Å². The summed E-state index contributed by atoms with van der Waals surface area (Å²) in [6.07, 6.45) is -0.201. The van der Waals surface area contributed by atoms with Gasteiger partial charge in [0.15, 0.2) is 0 Å². The molecule has 1 amide bonds. The van der Waals surface area contributed by atoms with Gasteiger partial charge in [0.1, 0.15) is 0 Å². The van der Waals surface area contributed by atoms with Crippen LogP contribution < -0.4 is 0 Å². The molecule has 1 fully saturated rings. The van der Waals surface area contributed by atoms with Crippen molar-refractivity contribution in [3.63, 3.8) is 0 Å². The Kier molecular flexibility index (Phi) is 6.29. The largest absolute Gasteiger partial charge is 0.453 e. The number of methoxy groups -OCH3 is 1. The molecular formula is C12H25N3O2. The topological polar surface area (TPSA) is 36.0 Å². The molecule has 1 aliphatic heterocycles. The van der Waals surface area contributed by atoms with Crippen LogP contribution in [0, 0.1) is 0 Å². The minimum Gasteiger partial charge on any atom is -0.453 e. The lowest BCUT2D eigenvalue weighted by Crippen LogP contribution is -2.50. The van der Waals surface area contributed by atoms with Gasteiger partial charge >= 0.3 is 6.09 Å². The Morgan fingerprint density at radius 1 is 1.18 bits per heavy atom. The zero-order valence-electron chi connectivity index (χ0n) is 11.3. The van der Waals surface area contributed by atoms with Crippen LogP contribution in [0.5, 0.6) is 0 Å². The van der Waals surface area contributed by atoms with Crippen LogP contribution in [0.2, 0.25) is 0 Å². The normalized spacial score (nSPS) is 17.5. The summed E-state index contributed by atoms with van der Waals surface area (Å²) >= 11 is 0. The fourth-order valence-electron chi connectivity index (χ4n) is 2.11. The molecule has 0 aliphatic carbocycles. The van der Waals surface area contributed by atoms with Gasteiger partial charge in [0.2, 0.25) is 0 Å². The summed E-state index contributed by atoms with van der Waals surface area (Å²) in [4.78, 5) is 17.9. The Balaban J connectivity index is 2.21. The van der Waals surface area contributed by atoms with Gasteiger partial charge in [0.25, 0.3) is 0 Å². The number of amides is 1. The Labute approximate surface area is 104 Å². The highest BCUT2D eigenvalue weighted by atomic mass is 16.5. The first-order valence-electron chi connectivity index (χ1n) is 6.48. The summed E-state index contributed by atoms with van der Waals surface area (Å²) < 4.78 is 4.72. The van der Waals surface area contributed by atoms with E-state index >= 15 is 0 Å². The van der Waals surface area contributed by atoms with Crippen LogP contribution in [-0.2, 0) is 4.74 Å². The lowest BCUT2D eigenvalue weighted by atomic mass is 10.3. The molecule has 5 nitrogen and oxygen atoms in total. The fraction of sp³-hybridized carbons (Fsp3) is 0.917. The minimum absolute atomic E-state index is 0.201. The highest BCUT2D eigenvalue weighted by Gasteiger charge is 2.21. The van der Waals surface area contributed by atoms with E-state index in [1.165, 1.54) is 7.11 Å². The molecule has 1 saturated heterocycles. The molecule has 0 saturated carbocycles. The van der Waals surface area contributed by atoms with Gasteiger partial charge in [-0.15, -0.1) is 0 Å². The third-order valence-corrected chi connectivity index (χ3v) is 3.43. The number of piperazine rings is 1. The average molecular weight is 243 g/mol. The number of carbonyl (C=O) groups is 1. The maximum Gasteiger partial charge on any atom is 0.409 e. The lowest BCUT2D eigenvalue weighted by Gasteiger charge is -2.34. The Morgan fingerprint density at radius 3 is 2.24 bits per heavy atom. The lowest BCUT2D eigenvalue weighted by molar-refractivity contribution is 0.0873. The molecular weight excluding hydrogens is 218 g/mol. The summed E-state index contributed by atoms with van der Waals surface area (Å²) in [5.41, 5.74) is 0. The summed E-state index contributed by atoms with van der Waals surface area (Å²) in [5, 5.41) is 0. The van der Waals surface area contributed by atoms with Crippen LogP contribution in [0.3, 0.4) is 0 Å². The summed E-state index contributed by atoms with van der Waals surface area (Å²) in [7, 11) is 1.44. The monoisotopic (exact) mass is 243 g/mol. The van der Waals surface area contributed by atoms with Crippen molar-refractivity contribution in [2.75, 3.05) is 59.5 Å². The molecule has 5 heteroatoms. The van der Waals surface area contributed by atoms with Crippen LogP contribution in [0.4, 0.5) is 4.79 Å². The molecule has 0 aromatic heterocycles.